The Morgan fingerprint density at radius 3 is 2.62 bits per heavy atom. The van der Waals surface area contributed by atoms with Crippen LogP contribution in [0, 0.1) is 0 Å². The number of methoxy groups -OCH3 is 1. The van der Waals surface area contributed by atoms with E-state index < -0.39 is 0 Å². The molecular formula is C17H21IN4O2. The van der Waals surface area contributed by atoms with Crippen molar-refractivity contribution in [1.29, 1.82) is 0 Å². The molecule has 0 fully saturated rings. The molecule has 0 radical (unpaired) electrons. The van der Waals surface area contributed by atoms with Crippen molar-refractivity contribution in [2.75, 3.05) is 13.7 Å². The third-order valence-corrected chi connectivity index (χ3v) is 3.22. The Labute approximate surface area is 158 Å². The number of esters is 1. The molecule has 0 bridgehead atoms. The fraction of sp³-hybridized carbons (Fsp3) is 0.235. The second-order valence-electron chi connectivity index (χ2n) is 4.89. The number of nitrogens with one attached hydrogen (secondary N) is 1. The Bertz CT molecular complexity index is 660. The molecule has 0 aliphatic rings. The largest absolute Gasteiger partial charge is 0.465 e. The Morgan fingerprint density at radius 1 is 1.25 bits per heavy atom. The highest BCUT2D eigenvalue weighted by Crippen LogP contribution is 2.06. The minimum atomic E-state index is -0.351. The van der Waals surface area contributed by atoms with Gasteiger partial charge in [0.1, 0.15) is 0 Å². The molecular weight excluding hydrogens is 419 g/mol. The topological polar surface area (TPSA) is 89.6 Å². The molecule has 3 N–H and O–H groups in total. The lowest BCUT2D eigenvalue weighted by Gasteiger charge is -2.05. The summed E-state index contributed by atoms with van der Waals surface area (Å²) < 4.78 is 4.65. The van der Waals surface area contributed by atoms with E-state index in [1.165, 1.54) is 7.11 Å². The van der Waals surface area contributed by atoms with Crippen LogP contribution in [0.25, 0.3) is 0 Å². The number of benzene rings is 1. The van der Waals surface area contributed by atoms with Gasteiger partial charge in [0.2, 0.25) is 0 Å². The molecule has 128 valence electrons. The number of nitrogens with zero attached hydrogens (tertiary/aromatic N) is 2. The third kappa shape index (κ3) is 6.53. The monoisotopic (exact) mass is 440 g/mol. The van der Waals surface area contributed by atoms with Crippen LogP contribution in [0.2, 0.25) is 0 Å². The number of halogens is 1. The van der Waals surface area contributed by atoms with Crippen molar-refractivity contribution in [2.24, 2.45) is 10.7 Å². The number of carbonyl (C=O) groups is 1. The molecule has 0 aliphatic heterocycles. The SMILES string of the molecule is COC(=O)c1ccc(CN=C(N)NCCc2ccccn2)cc1.I. The minimum absolute atomic E-state index is 0. The van der Waals surface area contributed by atoms with E-state index >= 15 is 0 Å². The van der Waals surface area contributed by atoms with E-state index in [-0.39, 0.29) is 29.9 Å². The summed E-state index contributed by atoms with van der Waals surface area (Å²) in [6.07, 6.45) is 2.55. The second kappa shape index (κ2) is 10.6. The van der Waals surface area contributed by atoms with Crippen molar-refractivity contribution in [3.63, 3.8) is 0 Å². The number of nitrogens with two attached hydrogens (primary N) is 1. The number of ether oxygens (including phenoxy) is 1. The molecule has 1 aromatic heterocycles. The van der Waals surface area contributed by atoms with Gasteiger partial charge >= 0.3 is 5.97 Å². The first kappa shape index (κ1) is 19.9. The van der Waals surface area contributed by atoms with Gasteiger partial charge < -0.3 is 15.8 Å². The van der Waals surface area contributed by atoms with E-state index in [0.29, 0.717) is 24.6 Å². The number of carbonyl (C=O) groups excluding carboxylic acids is 1. The fourth-order valence-electron chi connectivity index (χ4n) is 1.96. The molecule has 0 amide bonds. The van der Waals surface area contributed by atoms with Crippen LogP contribution in [-0.2, 0) is 17.7 Å². The van der Waals surface area contributed by atoms with Gasteiger partial charge in [-0.05, 0) is 29.8 Å². The van der Waals surface area contributed by atoms with Crippen LogP contribution in [0.1, 0.15) is 21.6 Å². The van der Waals surface area contributed by atoms with Gasteiger partial charge in [0.25, 0.3) is 0 Å². The number of rotatable bonds is 6. The summed E-state index contributed by atoms with van der Waals surface area (Å²) in [5.41, 5.74) is 8.32. The van der Waals surface area contributed by atoms with Gasteiger partial charge in [-0.15, -0.1) is 24.0 Å². The van der Waals surface area contributed by atoms with Crippen LogP contribution in [0.15, 0.2) is 53.7 Å². The molecule has 0 atom stereocenters. The standard InChI is InChI=1S/C17H20N4O2.HI/c1-23-16(22)14-7-5-13(6-8-14)12-21-17(18)20-11-9-15-4-2-3-10-19-15;/h2-8,10H,9,11-12H2,1H3,(H3,18,20,21);1H. The first-order chi connectivity index (χ1) is 11.2. The van der Waals surface area contributed by atoms with E-state index in [1.54, 1.807) is 18.3 Å². The van der Waals surface area contributed by atoms with Crippen LogP contribution in [0.4, 0.5) is 0 Å². The van der Waals surface area contributed by atoms with Gasteiger partial charge in [-0.25, -0.2) is 9.79 Å². The fourth-order valence-corrected chi connectivity index (χ4v) is 1.96. The quantitative estimate of drug-likeness (QED) is 0.311. The maximum atomic E-state index is 11.3. The molecule has 2 aromatic rings. The maximum absolute atomic E-state index is 11.3. The number of aromatic nitrogens is 1. The Hall–Kier alpha value is -2.16. The van der Waals surface area contributed by atoms with Crippen molar-refractivity contribution in [1.82, 2.24) is 10.3 Å². The molecule has 0 saturated carbocycles. The van der Waals surface area contributed by atoms with Crippen molar-refractivity contribution < 1.29 is 9.53 Å². The summed E-state index contributed by atoms with van der Waals surface area (Å²) in [5, 5.41) is 3.05. The van der Waals surface area contributed by atoms with E-state index in [9.17, 15) is 4.79 Å². The van der Waals surface area contributed by atoms with Crippen LogP contribution in [0.5, 0.6) is 0 Å². The van der Waals surface area contributed by atoms with Crippen LogP contribution in [-0.4, -0.2) is 30.6 Å². The first-order valence-electron chi connectivity index (χ1n) is 7.30. The summed E-state index contributed by atoms with van der Waals surface area (Å²) in [6, 6.07) is 12.9. The van der Waals surface area contributed by atoms with Crippen LogP contribution >= 0.6 is 24.0 Å². The smallest absolute Gasteiger partial charge is 0.337 e. The minimum Gasteiger partial charge on any atom is -0.465 e. The summed E-state index contributed by atoms with van der Waals surface area (Å²) in [5.74, 6) is 0.0359. The summed E-state index contributed by atoms with van der Waals surface area (Å²) in [4.78, 5) is 19.8. The highest BCUT2D eigenvalue weighted by atomic mass is 127. The van der Waals surface area contributed by atoms with Gasteiger partial charge in [-0.1, -0.05) is 18.2 Å². The number of aliphatic imine (C=N–C) groups is 1. The highest BCUT2D eigenvalue weighted by Gasteiger charge is 2.04. The van der Waals surface area contributed by atoms with E-state index in [1.807, 2.05) is 30.3 Å². The van der Waals surface area contributed by atoms with Crippen molar-refractivity contribution in [2.45, 2.75) is 13.0 Å². The molecule has 0 unspecified atom stereocenters. The third-order valence-electron chi connectivity index (χ3n) is 3.22. The zero-order valence-corrected chi connectivity index (χ0v) is 15.8. The van der Waals surface area contributed by atoms with Gasteiger partial charge in [-0.3, -0.25) is 4.98 Å². The predicted molar refractivity (Wildman–Crippen MR) is 104 cm³/mol. The second-order valence-corrected chi connectivity index (χ2v) is 4.89. The van der Waals surface area contributed by atoms with Crippen LogP contribution in [0.3, 0.4) is 0 Å². The van der Waals surface area contributed by atoms with Crippen molar-refractivity contribution >= 4 is 35.9 Å². The number of guanidine groups is 1. The number of hydrogen-bond donors (Lipinski definition) is 2. The van der Waals surface area contributed by atoms with Crippen LogP contribution < -0.4 is 11.1 Å². The molecule has 1 heterocycles. The van der Waals surface area contributed by atoms with Gasteiger partial charge in [-0.2, -0.15) is 0 Å². The average Bonchev–Trinajstić information content (AvgIpc) is 2.60. The Balaban J connectivity index is 0.00000288. The summed E-state index contributed by atoms with van der Waals surface area (Å²) in [7, 11) is 1.36. The number of pyridine rings is 1. The van der Waals surface area contributed by atoms with Crippen molar-refractivity contribution in [3.8, 4) is 0 Å². The molecule has 2 rings (SSSR count). The van der Waals surface area contributed by atoms with Gasteiger partial charge in [0.15, 0.2) is 5.96 Å². The van der Waals surface area contributed by atoms with Gasteiger partial charge in [0, 0.05) is 24.9 Å². The molecule has 1 aromatic carbocycles. The van der Waals surface area contributed by atoms with E-state index in [4.69, 9.17) is 5.73 Å². The highest BCUT2D eigenvalue weighted by molar-refractivity contribution is 14.0. The molecule has 0 aliphatic carbocycles. The first-order valence-corrected chi connectivity index (χ1v) is 7.30. The normalized spacial score (nSPS) is 10.6. The molecule has 0 saturated heterocycles. The Morgan fingerprint density at radius 2 is 2.00 bits per heavy atom. The summed E-state index contributed by atoms with van der Waals surface area (Å²) >= 11 is 0. The predicted octanol–water partition coefficient (Wildman–Crippen LogP) is 2.13. The average molecular weight is 440 g/mol. The maximum Gasteiger partial charge on any atom is 0.337 e. The number of hydrogen-bond acceptors (Lipinski definition) is 4. The Kier molecular flexibility index (Phi) is 8.77. The molecule has 6 nitrogen and oxygen atoms in total. The molecule has 0 spiro atoms. The lowest BCUT2D eigenvalue weighted by Crippen LogP contribution is -2.33. The molecule has 24 heavy (non-hydrogen) atoms. The van der Waals surface area contributed by atoms with Crippen molar-refractivity contribution in [3.05, 3.63) is 65.5 Å². The van der Waals surface area contributed by atoms with E-state index in [2.05, 4.69) is 20.0 Å². The zero-order chi connectivity index (χ0) is 16.5. The lowest BCUT2D eigenvalue weighted by atomic mass is 10.1. The molecule has 7 heteroatoms. The lowest BCUT2D eigenvalue weighted by molar-refractivity contribution is 0.0600. The van der Waals surface area contributed by atoms with Gasteiger partial charge in [0.05, 0.1) is 19.2 Å². The zero-order valence-electron chi connectivity index (χ0n) is 13.4. The van der Waals surface area contributed by atoms with E-state index in [0.717, 1.165) is 17.7 Å². The summed E-state index contributed by atoms with van der Waals surface area (Å²) in [6.45, 7) is 1.12.